The van der Waals surface area contributed by atoms with Crippen LogP contribution >= 0.6 is 0 Å². The average molecular weight is 250 g/mol. The monoisotopic (exact) mass is 250 g/mol. The van der Waals surface area contributed by atoms with Gasteiger partial charge in [0.1, 0.15) is 5.69 Å². The van der Waals surface area contributed by atoms with Gasteiger partial charge in [-0.25, -0.2) is 0 Å². The van der Waals surface area contributed by atoms with Gasteiger partial charge in [-0.05, 0) is 38.8 Å². The lowest BCUT2D eigenvalue weighted by Gasteiger charge is -2.28. The van der Waals surface area contributed by atoms with E-state index < -0.39 is 6.10 Å². The highest BCUT2D eigenvalue weighted by molar-refractivity contribution is 5.93. The molecule has 1 heterocycles. The normalized spacial score (nSPS) is 24.2. The summed E-state index contributed by atoms with van der Waals surface area (Å²) < 4.78 is 1.95. The number of hydrogen-bond acceptors (Lipinski definition) is 2. The van der Waals surface area contributed by atoms with Crippen LogP contribution in [-0.4, -0.2) is 27.7 Å². The Bertz CT molecular complexity index is 412. The molecule has 1 fully saturated rings. The number of hydrogen-bond donors (Lipinski definition) is 2. The van der Waals surface area contributed by atoms with Gasteiger partial charge in [0.2, 0.25) is 0 Å². The first-order valence-electron chi connectivity index (χ1n) is 6.75. The summed E-state index contributed by atoms with van der Waals surface area (Å²) in [4.78, 5) is 12.2. The highest BCUT2D eigenvalue weighted by atomic mass is 16.3. The van der Waals surface area contributed by atoms with Crippen molar-refractivity contribution in [3.63, 3.8) is 0 Å². The summed E-state index contributed by atoms with van der Waals surface area (Å²) in [5, 5.41) is 12.8. The maximum atomic E-state index is 12.2. The van der Waals surface area contributed by atoms with Crippen LogP contribution in [0, 0.1) is 0 Å². The molecule has 0 spiro atoms. The summed E-state index contributed by atoms with van der Waals surface area (Å²) in [6, 6.07) is 3.87. The second-order valence-corrected chi connectivity index (χ2v) is 5.33. The number of aliphatic hydroxyl groups is 1. The van der Waals surface area contributed by atoms with Gasteiger partial charge in [-0.15, -0.1) is 0 Å². The fraction of sp³-hybridized carbons (Fsp3) is 0.643. The number of carbonyl (C=O) groups is 1. The van der Waals surface area contributed by atoms with Crippen LogP contribution in [0.2, 0.25) is 0 Å². The van der Waals surface area contributed by atoms with Gasteiger partial charge in [0.25, 0.3) is 5.91 Å². The molecule has 0 saturated heterocycles. The Morgan fingerprint density at radius 1 is 1.44 bits per heavy atom. The van der Waals surface area contributed by atoms with Crippen molar-refractivity contribution in [1.29, 1.82) is 0 Å². The van der Waals surface area contributed by atoms with Crippen LogP contribution in [0.15, 0.2) is 18.3 Å². The van der Waals surface area contributed by atoms with Crippen molar-refractivity contribution in [3.05, 3.63) is 24.0 Å². The summed E-state index contributed by atoms with van der Waals surface area (Å²) in [7, 11) is 0. The molecule has 18 heavy (non-hydrogen) atoms. The Balaban J connectivity index is 2.05. The van der Waals surface area contributed by atoms with Crippen LogP contribution in [0.4, 0.5) is 0 Å². The Morgan fingerprint density at radius 2 is 2.17 bits per heavy atom. The van der Waals surface area contributed by atoms with Gasteiger partial charge in [0.05, 0.1) is 12.1 Å². The fourth-order valence-corrected chi connectivity index (χ4v) is 2.56. The lowest BCUT2D eigenvalue weighted by atomic mass is 9.92. The van der Waals surface area contributed by atoms with Gasteiger partial charge in [-0.1, -0.05) is 12.8 Å². The first-order chi connectivity index (χ1) is 8.59. The van der Waals surface area contributed by atoms with Crippen LogP contribution in [0.25, 0.3) is 0 Å². The Hall–Kier alpha value is -1.29. The molecule has 4 heteroatoms. The number of aliphatic hydroxyl groups excluding tert-OH is 1. The van der Waals surface area contributed by atoms with E-state index in [2.05, 4.69) is 5.32 Å². The molecule has 2 N–H and O–H groups in total. The highest BCUT2D eigenvalue weighted by Gasteiger charge is 2.25. The Morgan fingerprint density at radius 3 is 2.83 bits per heavy atom. The Kier molecular flexibility index (Phi) is 4.07. The van der Waals surface area contributed by atoms with Crippen molar-refractivity contribution in [3.8, 4) is 0 Å². The highest BCUT2D eigenvalue weighted by Crippen LogP contribution is 2.19. The van der Waals surface area contributed by atoms with E-state index in [0.29, 0.717) is 5.69 Å². The number of amides is 1. The van der Waals surface area contributed by atoms with E-state index in [9.17, 15) is 9.90 Å². The van der Waals surface area contributed by atoms with Crippen LogP contribution in [-0.2, 0) is 0 Å². The van der Waals surface area contributed by atoms with Crippen molar-refractivity contribution >= 4 is 5.91 Å². The van der Waals surface area contributed by atoms with E-state index in [-0.39, 0.29) is 18.0 Å². The number of nitrogens with zero attached hydrogens (tertiary/aromatic N) is 1. The molecule has 1 aromatic heterocycles. The number of aromatic nitrogens is 1. The molecule has 2 atom stereocenters. The molecule has 1 saturated carbocycles. The molecule has 1 aliphatic rings. The van der Waals surface area contributed by atoms with E-state index in [1.807, 2.05) is 36.7 Å². The van der Waals surface area contributed by atoms with Gasteiger partial charge in [0, 0.05) is 12.2 Å². The molecule has 4 nitrogen and oxygen atoms in total. The van der Waals surface area contributed by atoms with Crippen molar-refractivity contribution in [2.45, 2.75) is 57.7 Å². The largest absolute Gasteiger partial charge is 0.391 e. The van der Waals surface area contributed by atoms with Crippen LogP contribution < -0.4 is 5.32 Å². The SMILES string of the molecule is CC(C)n1cccc1C(=O)N[C@H]1CCCC[C@@H]1O. The molecule has 0 radical (unpaired) electrons. The van der Waals surface area contributed by atoms with Crippen molar-refractivity contribution in [2.24, 2.45) is 0 Å². The van der Waals surface area contributed by atoms with E-state index in [1.54, 1.807) is 0 Å². The summed E-state index contributed by atoms with van der Waals surface area (Å²) in [6.45, 7) is 4.10. The van der Waals surface area contributed by atoms with Crippen molar-refractivity contribution in [2.75, 3.05) is 0 Å². The zero-order chi connectivity index (χ0) is 13.1. The zero-order valence-corrected chi connectivity index (χ0v) is 11.1. The zero-order valence-electron chi connectivity index (χ0n) is 11.1. The van der Waals surface area contributed by atoms with Gasteiger partial charge >= 0.3 is 0 Å². The third-order valence-electron chi connectivity index (χ3n) is 3.61. The number of carbonyl (C=O) groups excluding carboxylic acids is 1. The third-order valence-corrected chi connectivity index (χ3v) is 3.61. The third kappa shape index (κ3) is 2.75. The molecule has 0 bridgehead atoms. The molecule has 0 aromatic carbocycles. The molecular formula is C14H22N2O2. The number of nitrogens with one attached hydrogen (secondary N) is 1. The van der Waals surface area contributed by atoms with Crippen LogP contribution in [0.5, 0.6) is 0 Å². The molecule has 1 aromatic rings. The minimum Gasteiger partial charge on any atom is -0.391 e. The molecular weight excluding hydrogens is 228 g/mol. The van der Waals surface area contributed by atoms with Gasteiger partial charge in [0.15, 0.2) is 0 Å². The summed E-state index contributed by atoms with van der Waals surface area (Å²) >= 11 is 0. The predicted octanol–water partition coefficient (Wildman–Crippen LogP) is 2.10. The lowest BCUT2D eigenvalue weighted by Crippen LogP contribution is -2.45. The fourth-order valence-electron chi connectivity index (χ4n) is 2.56. The second kappa shape index (κ2) is 5.57. The average Bonchev–Trinajstić information content (AvgIpc) is 2.81. The lowest BCUT2D eigenvalue weighted by molar-refractivity contribution is 0.0710. The summed E-state index contributed by atoms with van der Waals surface area (Å²) in [6.07, 6.45) is 5.30. The summed E-state index contributed by atoms with van der Waals surface area (Å²) in [5.41, 5.74) is 0.669. The maximum absolute atomic E-state index is 12.2. The minimum atomic E-state index is -0.398. The van der Waals surface area contributed by atoms with E-state index >= 15 is 0 Å². The van der Waals surface area contributed by atoms with Gasteiger partial charge in [-0.2, -0.15) is 0 Å². The topological polar surface area (TPSA) is 54.3 Å². The van der Waals surface area contributed by atoms with Crippen LogP contribution in [0.1, 0.15) is 56.1 Å². The first-order valence-corrected chi connectivity index (χ1v) is 6.75. The van der Waals surface area contributed by atoms with E-state index in [0.717, 1.165) is 25.7 Å². The van der Waals surface area contributed by atoms with Crippen molar-refractivity contribution in [1.82, 2.24) is 9.88 Å². The van der Waals surface area contributed by atoms with E-state index in [1.165, 1.54) is 0 Å². The minimum absolute atomic E-state index is 0.0837. The maximum Gasteiger partial charge on any atom is 0.268 e. The summed E-state index contributed by atoms with van der Waals surface area (Å²) in [5.74, 6) is -0.0837. The Labute approximate surface area is 108 Å². The van der Waals surface area contributed by atoms with Gasteiger partial charge < -0.3 is 15.0 Å². The van der Waals surface area contributed by atoms with Gasteiger partial charge in [-0.3, -0.25) is 4.79 Å². The molecule has 2 rings (SSSR count). The standard InChI is InChI=1S/C14H22N2O2/c1-10(2)16-9-5-7-12(16)14(18)15-11-6-3-4-8-13(11)17/h5,7,9-11,13,17H,3-4,6,8H2,1-2H3,(H,15,18)/t11-,13-/m0/s1. The second-order valence-electron chi connectivity index (χ2n) is 5.33. The molecule has 1 aliphatic carbocycles. The molecule has 100 valence electrons. The van der Waals surface area contributed by atoms with Crippen LogP contribution in [0.3, 0.4) is 0 Å². The number of rotatable bonds is 3. The smallest absolute Gasteiger partial charge is 0.268 e. The molecule has 1 amide bonds. The molecule has 0 unspecified atom stereocenters. The first kappa shape index (κ1) is 13.1. The van der Waals surface area contributed by atoms with Crippen molar-refractivity contribution < 1.29 is 9.90 Å². The quantitative estimate of drug-likeness (QED) is 0.863. The molecule has 0 aliphatic heterocycles. The van der Waals surface area contributed by atoms with E-state index in [4.69, 9.17) is 0 Å². The predicted molar refractivity (Wildman–Crippen MR) is 70.5 cm³/mol.